The van der Waals surface area contributed by atoms with Gasteiger partial charge in [-0.25, -0.2) is 4.79 Å². The van der Waals surface area contributed by atoms with Crippen LogP contribution in [0.1, 0.15) is 30.2 Å². The molecule has 1 aliphatic rings. The Morgan fingerprint density at radius 2 is 2.14 bits per heavy atom. The molecule has 3 heterocycles. The first-order valence-electron chi connectivity index (χ1n) is 9.21. The van der Waals surface area contributed by atoms with Crippen molar-refractivity contribution in [1.29, 1.82) is 0 Å². The van der Waals surface area contributed by atoms with E-state index in [1.165, 1.54) is 0 Å². The first-order valence-corrected chi connectivity index (χ1v) is 10.1. The topological polar surface area (TPSA) is 80.5 Å². The van der Waals surface area contributed by atoms with Crippen LogP contribution < -0.4 is 10.1 Å². The predicted molar refractivity (Wildman–Crippen MR) is 108 cm³/mol. The molecule has 1 aliphatic heterocycles. The van der Waals surface area contributed by atoms with E-state index in [0.717, 1.165) is 24.0 Å². The van der Waals surface area contributed by atoms with Gasteiger partial charge in [-0.3, -0.25) is 0 Å². The number of ether oxygens (including phenoxy) is 1. The number of nitrogens with zero attached hydrogens (tertiary/aromatic N) is 3. The van der Waals surface area contributed by atoms with Crippen LogP contribution in [0.15, 0.2) is 39.5 Å². The van der Waals surface area contributed by atoms with Gasteiger partial charge < -0.3 is 19.5 Å². The van der Waals surface area contributed by atoms with Crippen LogP contribution >= 0.6 is 11.3 Å². The molecule has 0 spiro atoms. The Morgan fingerprint density at radius 3 is 2.86 bits per heavy atom. The Morgan fingerprint density at radius 1 is 1.32 bits per heavy atom. The van der Waals surface area contributed by atoms with Crippen molar-refractivity contribution in [3.8, 4) is 17.1 Å². The standard InChI is InChI=1S/C20H22N4O3S/c1-13-3-4-17(26-2)16(11-13)21-20(25)24-8-5-14(6-9-24)19-22-18(23-27-19)15-7-10-28-12-15/h3-4,7,10-12,14H,5-6,8-9H2,1-2H3,(H,21,25). The second kappa shape index (κ2) is 8.02. The van der Waals surface area contributed by atoms with Crippen molar-refractivity contribution >= 4 is 23.1 Å². The summed E-state index contributed by atoms with van der Waals surface area (Å²) in [5, 5.41) is 11.0. The van der Waals surface area contributed by atoms with Crippen molar-refractivity contribution in [2.45, 2.75) is 25.7 Å². The van der Waals surface area contributed by atoms with Gasteiger partial charge in [0.2, 0.25) is 11.7 Å². The molecule has 0 atom stereocenters. The molecule has 8 heteroatoms. The summed E-state index contributed by atoms with van der Waals surface area (Å²) in [6, 6.07) is 7.58. The summed E-state index contributed by atoms with van der Waals surface area (Å²) in [4.78, 5) is 19.0. The molecular formula is C20H22N4O3S. The van der Waals surface area contributed by atoms with Gasteiger partial charge in [0, 0.05) is 30.0 Å². The van der Waals surface area contributed by atoms with Crippen molar-refractivity contribution in [2.24, 2.45) is 0 Å². The van der Waals surface area contributed by atoms with Gasteiger partial charge in [0.15, 0.2) is 0 Å². The normalized spacial score (nSPS) is 14.9. The minimum atomic E-state index is -0.119. The molecule has 4 rings (SSSR count). The second-order valence-electron chi connectivity index (χ2n) is 6.86. The van der Waals surface area contributed by atoms with Crippen LogP contribution in [0.25, 0.3) is 11.4 Å². The van der Waals surface area contributed by atoms with Gasteiger partial charge in [0.1, 0.15) is 5.75 Å². The first kappa shape index (κ1) is 18.5. The number of piperidine rings is 1. The molecule has 1 N–H and O–H groups in total. The quantitative estimate of drug-likeness (QED) is 0.698. The molecule has 1 saturated heterocycles. The van der Waals surface area contributed by atoms with Gasteiger partial charge in [-0.15, -0.1) is 0 Å². The first-order chi connectivity index (χ1) is 13.6. The molecule has 1 fully saturated rings. The van der Waals surface area contributed by atoms with Crippen molar-refractivity contribution in [1.82, 2.24) is 15.0 Å². The van der Waals surface area contributed by atoms with Crippen molar-refractivity contribution in [2.75, 3.05) is 25.5 Å². The Balaban J connectivity index is 1.36. The third-order valence-corrected chi connectivity index (χ3v) is 5.63. The lowest BCUT2D eigenvalue weighted by Crippen LogP contribution is -2.40. The van der Waals surface area contributed by atoms with E-state index in [-0.39, 0.29) is 11.9 Å². The van der Waals surface area contributed by atoms with Gasteiger partial charge in [-0.05, 0) is 48.9 Å². The Labute approximate surface area is 167 Å². The molecule has 3 aromatic rings. The molecule has 0 bridgehead atoms. The number of carbonyl (C=O) groups excluding carboxylic acids is 1. The summed E-state index contributed by atoms with van der Waals surface area (Å²) in [5.41, 5.74) is 2.73. The molecule has 0 radical (unpaired) electrons. The van der Waals surface area contributed by atoms with Crippen LogP contribution in [0, 0.1) is 6.92 Å². The number of carbonyl (C=O) groups is 1. The van der Waals surface area contributed by atoms with Crippen LogP contribution in [-0.4, -0.2) is 41.3 Å². The fourth-order valence-electron chi connectivity index (χ4n) is 3.35. The predicted octanol–water partition coefficient (Wildman–Crippen LogP) is 4.53. The summed E-state index contributed by atoms with van der Waals surface area (Å²) >= 11 is 1.61. The highest BCUT2D eigenvalue weighted by molar-refractivity contribution is 7.08. The minimum Gasteiger partial charge on any atom is -0.495 e. The highest BCUT2D eigenvalue weighted by Gasteiger charge is 2.28. The number of benzene rings is 1. The number of aryl methyl sites for hydroxylation is 1. The molecular weight excluding hydrogens is 376 g/mol. The maximum atomic E-state index is 12.7. The van der Waals surface area contributed by atoms with Crippen molar-refractivity contribution < 1.29 is 14.1 Å². The summed E-state index contributed by atoms with van der Waals surface area (Å²) in [6.45, 7) is 3.26. The van der Waals surface area contributed by atoms with E-state index in [0.29, 0.717) is 36.2 Å². The second-order valence-corrected chi connectivity index (χ2v) is 7.64. The number of amides is 2. The zero-order chi connectivity index (χ0) is 19.5. The molecule has 28 heavy (non-hydrogen) atoms. The smallest absolute Gasteiger partial charge is 0.321 e. The number of urea groups is 1. The molecule has 2 amide bonds. The van der Waals surface area contributed by atoms with Crippen molar-refractivity contribution in [3.05, 3.63) is 46.5 Å². The summed E-state index contributed by atoms with van der Waals surface area (Å²) in [5.74, 6) is 2.11. The zero-order valence-electron chi connectivity index (χ0n) is 15.8. The van der Waals surface area contributed by atoms with Gasteiger partial charge in [-0.1, -0.05) is 11.2 Å². The minimum absolute atomic E-state index is 0.119. The van der Waals surface area contributed by atoms with Crippen LogP contribution in [0.3, 0.4) is 0 Å². The maximum absolute atomic E-state index is 12.7. The maximum Gasteiger partial charge on any atom is 0.321 e. The van der Waals surface area contributed by atoms with Crippen molar-refractivity contribution in [3.63, 3.8) is 0 Å². The highest BCUT2D eigenvalue weighted by atomic mass is 32.1. The molecule has 1 aromatic carbocycles. The Bertz CT molecular complexity index is 946. The van der Waals surface area contributed by atoms with E-state index in [9.17, 15) is 4.79 Å². The Kier molecular flexibility index (Phi) is 5.29. The van der Waals surface area contributed by atoms with Crippen LogP contribution in [0.5, 0.6) is 5.75 Å². The van der Waals surface area contributed by atoms with E-state index < -0.39 is 0 Å². The summed E-state index contributed by atoms with van der Waals surface area (Å²) in [6.07, 6.45) is 1.59. The van der Waals surface area contributed by atoms with E-state index in [2.05, 4.69) is 15.5 Å². The number of hydrogen-bond acceptors (Lipinski definition) is 6. The average molecular weight is 398 g/mol. The number of hydrogen-bond donors (Lipinski definition) is 1. The molecule has 146 valence electrons. The molecule has 2 aromatic heterocycles. The van der Waals surface area contributed by atoms with E-state index >= 15 is 0 Å². The lowest BCUT2D eigenvalue weighted by atomic mass is 9.97. The third-order valence-electron chi connectivity index (χ3n) is 4.95. The molecule has 7 nitrogen and oxygen atoms in total. The third kappa shape index (κ3) is 3.87. The van der Waals surface area contributed by atoms with E-state index in [4.69, 9.17) is 9.26 Å². The molecule has 0 unspecified atom stereocenters. The number of aromatic nitrogens is 2. The van der Waals surface area contributed by atoms with E-state index in [1.54, 1.807) is 18.4 Å². The molecule has 0 saturated carbocycles. The number of thiophene rings is 1. The van der Waals surface area contributed by atoms with Gasteiger partial charge in [-0.2, -0.15) is 16.3 Å². The largest absolute Gasteiger partial charge is 0.495 e. The lowest BCUT2D eigenvalue weighted by Gasteiger charge is -2.30. The summed E-state index contributed by atoms with van der Waals surface area (Å²) < 4.78 is 10.8. The number of likely N-dealkylation sites (tertiary alicyclic amines) is 1. The fraction of sp³-hybridized carbons (Fsp3) is 0.350. The fourth-order valence-corrected chi connectivity index (χ4v) is 3.99. The van der Waals surface area contributed by atoms with Crippen LogP contribution in [-0.2, 0) is 0 Å². The Hall–Kier alpha value is -2.87. The zero-order valence-corrected chi connectivity index (χ0v) is 16.7. The SMILES string of the molecule is COc1ccc(C)cc1NC(=O)N1CCC(c2nc(-c3ccsc3)no2)CC1. The van der Waals surface area contributed by atoms with Gasteiger partial charge in [0.25, 0.3) is 0 Å². The van der Waals surface area contributed by atoms with Crippen LogP contribution in [0.4, 0.5) is 10.5 Å². The van der Waals surface area contributed by atoms with Crippen LogP contribution in [0.2, 0.25) is 0 Å². The number of methoxy groups -OCH3 is 1. The van der Waals surface area contributed by atoms with Gasteiger partial charge >= 0.3 is 6.03 Å². The van der Waals surface area contributed by atoms with E-state index in [1.807, 2.05) is 46.8 Å². The number of rotatable bonds is 4. The monoisotopic (exact) mass is 398 g/mol. The summed E-state index contributed by atoms with van der Waals surface area (Å²) in [7, 11) is 1.60. The number of nitrogens with one attached hydrogen (secondary N) is 1. The number of anilines is 1. The highest BCUT2D eigenvalue weighted by Crippen LogP contribution is 2.30. The lowest BCUT2D eigenvalue weighted by molar-refractivity contribution is 0.187. The molecule has 0 aliphatic carbocycles. The van der Waals surface area contributed by atoms with Gasteiger partial charge in [0.05, 0.1) is 12.8 Å². The average Bonchev–Trinajstić information content (AvgIpc) is 3.40.